The first kappa shape index (κ1) is 11.6. The summed E-state index contributed by atoms with van der Waals surface area (Å²) >= 11 is 0. The van der Waals surface area contributed by atoms with E-state index in [-0.39, 0.29) is 0 Å². The number of hydrogen-bond donors (Lipinski definition) is 1. The fraction of sp³-hybridized carbons (Fsp3) is 0.214. The summed E-state index contributed by atoms with van der Waals surface area (Å²) in [5.74, 6) is 0.641. The molecule has 3 rings (SSSR count). The summed E-state index contributed by atoms with van der Waals surface area (Å²) in [6, 6.07) is 10.2. The minimum atomic E-state index is 0.641. The average Bonchev–Trinajstić information content (AvgIpc) is 2.91. The minimum Gasteiger partial charge on any atom is -0.384 e. The standard InChI is InChI=1S/C14H14N4O/c1-10-8-13(11-4-2-3-5-12(11)18-10)15-7-6-14-16-9-17-19-14/h2-5,8-9H,6-7H2,1H3,(H,15,18). The normalized spacial score (nSPS) is 10.8. The fourth-order valence-corrected chi connectivity index (χ4v) is 2.06. The molecule has 1 N–H and O–H groups in total. The highest BCUT2D eigenvalue weighted by molar-refractivity contribution is 5.91. The average molecular weight is 254 g/mol. The van der Waals surface area contributed by atoms with E-state index in [1.54, 1.807) is 0 Å². The van der Waals surface area contributed by atoms with Crippen molar-refractivity contribution in [1.82, 2.24) is 15.1 Å². The summed E-state index contributed by atoms with van der Waals surface area (Å²) < 4.78 is 4.97. The highest BCUT2D eigenvalue weighted by Crippen LogP contribution is 2.22. The van der Waals surface area contributed by atoms with Crippen LogP contribution in [0.5, 0.6) is 0 Å². The van der Waals surface area contributed by atoms with Crippen LogP contribution in [0.4, 0.5) is 5.69 Å². The van der Waals surface area contributed by atoms with Gasteiger partial charge in [-0.2, -0.15) is 4.98 Å². The second-order valence-corrected chi connectivity index (χ2v) is 4.34. The Bertz CT molecular complexity index is 679. The number of fused-ring (bicyclic) bond motifs is 1. The topological polar surface area (TPSA) is 63.8 Å². The molecule has 2 heterocycles. The summed E-state index contributed by atoms with van der Waals surface area (Å²) in [6.45, 7) is 2.74. The van der Waals surface area contributed by atoms with Crippen molar-refractivity contribution in [3.8, 4) is 0 Å². The largest absolute Gasteiger partial charge is 0.384 e. The van der Waals surface area contributed by atoms with E-state index in [1.807, 2.05) is 25.1 Å². The highest BCUT2D eigenvalue weighted by Gasteiger charge is 2.04. The van der Waals surface area contributed by atoms with Gasteiger partial charge < -0.3 is 9.84 Å². The van der Waals surface area contributed by atoms with Crippen molar-refractivity contribution < 1.29 is 4.52 Å². The van der Waals surface area contributed by atoms with E-state index in [0.717, 1.165) is 28.8 Å². The van der Waals surface area contributed by atoms with Crippen LogP contribution in [0.1, 0.15) is 11.6 Å². The van der Waals surface area contributed by atoms with Crippen molar-refractivity contribution in [3.05, 3.63) is 48.2 Å². The van der Waals surface area contributed by atoms with Crippen molar-refractivity contribution in [1.29, 1.82) is 0 Å². The van der Waals surface area contributed by atoms with Crippen LogP contribution >= 0.6 is 0 Å². The predicted octanol–water partition coefficient (Wildman–Crippen LogP) is 2.58. The van der Waals surface area contributed by atoms with E-state index in [9.17, 15) is 0 Å². The lowest BCUT2D eigenvalue weighted by Crippen LogP contribution is -2.06. The van der Waals surface area contributed by atoms with E-state index < -0.39 is 0 Å². The summed E-state index contributed by atoms with van der Waals surface area (Å²) in [7, 11) is 0. The van der Waals surface area contributed by atoms with E-state index in [0.29, 0.717) is 12.3 Å². The lowest BCUT2D eigenvalue weighted by molar-refractivity contribution is 0.380. The van der Waals surface area contributed by atoms with Crippen molar-refractivity contribution in [2.45, 2.75) is 13.3 Å². The molecular formula is C14H14N4O. The first-order valence-corrected chi connectivity index (χ1v) is 6.19. The molecule has 2 aromatic heterocycles. The molecule has 0 spiro atoms. The first-order valence-electron chi connectivity index (χ1n) is 6.19. The molecule has 96 valence electrons. The van der Waals surface area contributed by atoms with Gasteiger partial charge in [-0.05, 0) is 19.1 Å². The number of hydrogen-bond acceptors (Lipinski definition) is 5. The summed E-state index contributed by atoms with van der Waals surface area (Å²) in [4.78, 5) is 8.51. The molecule has 3 aromatic rings. The van der Waals surface area contributed by atoms with Crippen LogP contribution in [0.3, 0.4) is 0 Å². The number of pyridine rings is 1. The molecule has 0 unspecified atom stereocenters. The van der Waals surface area contributed by atoms with Gasteiger partial charge in [0.2, 0.25) is 5.89 Å². The Hall–Kier alpha value is -2.43. The molecule has 1 aromatic carbocycles. The van der Waals surface area contributed by atoms with Gasteiger partial charge >= 0.3 is 0 Å². The predicted molar refractivity (Wildman–Crippen MR) is 73.0 cm³/mol. The van der Waals surface area contributed by atoms with Crippen LogP contribution in [0.15, 0.2) is 41.2 Å². The Morgan fingerprint density at radius 1 is 1.26 bits per heavy atom. The third-order valence-corrected chi connectivity index (χ3v) is 2.91. The lowest BCUT2D eigenvalue weighted by atomic mass is 10.1. The molecule has 0 aliphatic rings. The van der Waals surface area contributed by atoms with Gasteiger partial charge in [-0.1, -0.05) is 23.4 Å². The zero-order valence-corrected chi connectivity index (χ0v) is 10.6. The van der Waals surface area contributed by atoms with Crippen LogP contribution in [0, 0.1) is 6.92 Å². The van der Waals surface area contributed by atoms with Gasteiger partial charge in [0.15, 0.2) is 6.33 Å². The summed E-state index contributed by atoms with van der Waals surface area (Å²) in [6.07, 6.45) is 2.12. The van der Waals surface area contributed by atoms with E-state index in [4.69, 9.17) is 4.52 Å². The molecule has 0 atom stereocenters. The number of nitrogens with zero attached hydrogens (tertiary/aromatic N) is 3. The van der Waals surface area contributed by atoms with Crippen molar-refractivity contribution in [2.75, 3.05) is 11.9 Å². The molecule has 0 saturated carbocycles. The molecule has 0 bridgehead atoms. The number of nitrogens with one attached hydrogen (secondary N) is 1. The molecular weight excluding hydrogens is 240 g/mol. The molecule has 0 saturated heterocycles. The van der Waals surface area contributed by atoms with Gasteiger partial charge in [-0.15, -0.1) is 0 Å². The van der Waals surface area contributed by atoms with Crippen LogP contribution in [0.25, 0.3) is 10.9 Å². The van der Waals surface area contributed by atoms with E-state index in [2.05, 4.69) is 32.6 Å². The lowest BCUT2D eigenvalue weighted by Gasteiger charge is -2.09. The quantitative estimate of drug-likeness (QED) is 0.775. The van der Waals surface area contributed by atoms with Gasteiger partial charge in [0.05, 0.1) is 5.52 Å². The molecule has 0 fully saturated rings. The van der Waals surface area contributed by atoms with Crippen molar-refractivity contribution in [2.24, 2.45) is 0 Å². The Balaban J connectivity index is 1.80. The number of para-hydroxylation sites is 1. The molecule has 0 aliphatic heterocycles. The van der Waals surface area contributed by atoms with Crippen LogP contribution in [0.2, 0.25) is 0 Å². The van der Waals surface area contributed by atoms with Gasteiger partial charge in [-0.3, -0.25) is 4.98 Å². The molecule has 5 heteroatoms. The summed E-state index contributed by atoms with van der Waals surface area (Å²) in [5.41, 5.74) is 3.09. The van der Waals surface area contributed by atoms with Crippen LogP contribution in [-0.4, -0.2) is 21.7 Å². The van der Waals surface area contributed by atoms with Gasteiger partial charge in [0.25, 0.3) is 0 Å². The maximum atomic E-state index is 4.97. The van der Waals surface area contributed by atoms with Crippen LogP contribution in [-0.2, 0) is 6.42 Å². The number of aromatic nitrogens is 3. The van der Waals surface area contributed by atoms with Crippen molar-refractivity contribution in [3.63, 3.8) is 0 Å². The van der Waals surface area contributed by atoms with Crippen LogP contribution < -0.4 is 5.32 Å². The fourth-order valence-electron chi connectivity index (χ4n) is 2.06. The van der Waals surface area contributed by atoms with Gasteiger partial charge in [0, 0.05) is 29.7 Å². The highest BCUT2D eigenvalue weighted by atomic mass is 16.5. The molecule has 0 amide bonds. The van der Waals surface area contributed by atoms with Crippen molar-refractivity contribution >= 4 is 16.6 Å². The van der Waals surface area contributed by atoms with E-state index >= 15 is 0 Å². The molecule has 19 heavy (non-hydrogen) atoms. The minimum absolute atomic E-state index is 0.641. The molecule has 0 radical (unpaired) electrons. The Morgan fingerprint density at radius 3 is 3.00 bits per heavy atom. The third-order valence-electron chi connectivity index (χ3n) is 2.91. The number of rotatable bonds is 4. The Morgan fingerprint density at radius 2 is 2.16 bits per heavy atom. The summed E-state index contributed by atoms with van der Waals surface area (Å²) in [5, 5.41) is 8.11. The second-order valence-electron chi connectivity index (χ2n) is 4.34. The zero-order chi connectivity index (χ0) is 13.1. The zero-order valence-electron chi connectivity index (χ0n) is 10.6. The second kappa shape index (κ2) is 5.06. The van der Waals surface area contributed by atoms with Gasteiger partial charge in [0.1, 0.15) is 0 Å². The van der Waals surface area contributed by atoms with Gasteiger partial charge in [-0.25, -0.2) is 0 Å². The Kier molecular flexibility index (Phi) is 3.10. The number of aryl methyl sites for hydroxylation is 1. The SMILES string of the molecule is Cc1cc(NCCc2ncno2)c2ccccc2n1. The van der Waals surface area contributed by atoms with E-state index in [1.165, 1.54) is 6.33 Å². The maximum absolute atomic E-state index is 4.97. The molecule has 0 aliphatic carbocycles. The first-order chi connectivity index (χ1) is 9.33. The molecule has 5 nitrogen and oxygen atoms in total. The third kappa shape index (κ3) is 2.54. The Labute approximate surface area is 110 Å². The monoisotopic (exact) mass is 254 g/mol. The number of benzene rings is 1. The maximum Gasteiger partial charge on any atom is 0.228 e. The number of anilines is 1. The smallest absolute Gasteiger partial charge is 0.228 e.